The maximum atomic E-state index is 5.83. The van der Waals surface area contributed by atoms with Crippen LogP contribution in [0.1, 0.15) is 32.6 Å². The third-order valence-corrected chi connectivity index (χ3v) is 4.12. The Balaban J connectivity index is 3.29. The minimum Gasteiger partial charge on any atom is -0.418 e. The highest BCUT2D eigenvalue weighted by atomic mass is 28.4. The first-order valence-electron chi connectivity index (χ1n) is 6.73. The number of hydrogen-bond acceptors (Lipinski definition) is 1. The van der Waals surface area contributed by atoms with E-state index in [0.29, 0.717) is 0 Å². The van der Waals surface area contributed by atoms with E-state index in [9.17, 15) is 0 Å². The second-order valence-electron chi connectivity index (χ2n) is 6.35. The van der Waals surface area contributed by atoms with Crippen LogP contribution < -0.4 is 0 Å². The predicted molar refractivity (Wildman–Crippen MR) is 75.3 cm³/mol. The van der Waals surface area contributed by atoms with E-state index in [2.05, 4.69) is 40.7 Å². The average Bonchev–Trinajstić information content (AvgIpc) is 2.14. The summed E-state index contributed by atoms with van der Waals surface area (Å²) in [7, 11) is 3.36. The number of unbranched alkanes of at least 4 members (excludes halogenated alkanes) is 3. The lowest BCUT2D eigenvalue weighted by atomic mass is 10.2. The molecule has 0 amide bonds. The fourth-order valence-electron chi connectivity index (χ4n) is 1.53. The van der Waals surface area contributed by atoms with Crippen molar-refractivity contribution in [3.05, 3.63) is 0 Å². The topological polar surface area (TPSA) is 9.23 Å². The molecule has 0 rings (SSSR count). The molecule has 0 aliphatic heterocycles. The van der Waals surface area contributed by atoms with E-state index in [1.807, 2.05) is 0 Å². The Hall–Kier alpha value is 0.137. The molecular weight excluding hydrogens is 214 g/mol. The largest absolute Gasteiger partial charge is 0.418 e. The van der Waals surface area contributed by atoms with Gasteiger partial charge in [-0.25, -0.2) is 0 Å². The van der Waals surface area contributed by atoms with Gasteiger partial charge in [-0.15, -0.1) is 0 Å². The molecule has 0 atom stereocenters. The maximum Gasteiger partial charge on any atom is 0.183 e. The summed E-state index contributed by atoms with van der Waals surface area (Å²) in [5, 5.41) is 0. The Kier molecular flexibility index (Phi) is 7.52. The Labute approximate surface area is 104 Å². The van der Waals surface area contributed by atoms with Crippen molar-refractivity contribution in [2.45, 2.75) is 52.2 Å². The van der Waals surface area contributed by atoms with Crippen molar-refractivity contribution in [3.63, 3.8) is 0 Å². The van der Waals surface area contributed by atoms with Crippen LogP contribution in [0.15, 0.2) is 0 Å². The molecule has 2 nitrogen and oxygen atoms in total. The zero-order chi connectivity index (χ0) is 12.7. The highest BCUT2D eigenvalue weighted by Gasteiger charge is 2.13. The number of quaternary nitrogens is 1. The Bertz CT molecular complexity index is 175. The summed E-state index contributed by atoms with van der Waals surface area (Å²) in [6.07, 6.45) is 5.28. The van der Waals surface area contributed by atoms with E-state index >= 15 is 0 Å². The molecule has 0 spiro atoms. The van der Waals surface area contributed by atoms with Gasteiger partial charge in [0, 0.05) is 6.61 Å². The molecule has 0 saturated carbocycles. The fourth-order valence-corrected chi connectivity index (χ4v) is 2.29. The van der Waals surface area contributed by atoms with Crippen molar-refractivity contribution in [2.24, 2.45) is 0 Å². The molecule has 0 N–H and O–H groups in total. The van der Waals surface area contributed by atoms with Crippen LogP contribution in [0.4, 0.5) is 0 Å². The van der Waals surface area contributed by atoms with Gasteiger partial charge in [0.25, 0.3) is 0 Å². The van der Waals surface area contributed by atoms with Gasteiger partial charge in [-0.05, 0) is 45.8 Å². The van der Waals surface area contributed by atoms with Crippen LogP contribution in [0.5, 0.6) is 0 Å². The normalized spacial score (nSPS) is 13.1. The number of nitrogens with zero attached hydrogens (tertiary/aromatic N) is 1. The molecule has 98 valence electrons. The van der Waals surface area contributed by atoms with Gasteiger partial charge >= 0.3 is 0 Å². The van der Waals surface area contributed by atoms with Crippen LogP contribution in [0.2, 0.25) is 19.6 Å². The van der Waals surface area contributed by atoms with Gasteiger partial charge in [0.2, 0.25) is 0 Å². The number of hydrogen-bond donors (Lipinski definition) is 0. The predicted octanol–water partition coefficient (Wildman–Crippen LogP) is 3.49. The third-order valence-electron chi connectivity index (χ3n) is 3.05. The van der Waals surface area contributed by atoms with Crippen molar-refractivity contribution in [3.8, 4) is 0 Å². The molecule has 0 heterocycles. The minimum atomic E-state index is -1.26. The fraction of sp³-hybridized carbons (Fsp3) is 1.00. The van der Waals surface area contributed by atoms with Gasteiger partial charge in [0.15, 0.2) is 8.32 Å². The smallest absolute Gasteiger partial charge is 0.183 e. The van der Waals surface area contributed by atoms with E-state index in [4.69, 9.17) is 4.43 Å². The molecule has 0 aromatic rings. The quantitative estimate of drug-likeness (QED) is 0.344. The molecule has 0 aliphatic carbocycles. The van der Waals surface area contributed by atoms with Crippen LogP contribution in [0, 0.1) is 0 Å². The van der Waals surface area contributed by atoms with E-state index in [-0.39, 0.29) is 0 Å². The molecule has 0 aromatic carbocycles. The summed E-state index contributed by atoms with van der Waals surface area (Å²) in [6, 6.07) is 0. The molecule has 16 heavy (non-hydrogen) atoms. The van der Waals surface area contributed by atoms with Gasteiger partial charge in [-0.1, -0.05) is 6.42 Å². The van der Waals surface area contributed by atoms with E-state index in [1.54, 1.807) is 0 Å². The summed E-state index contributed by atoms with van der Waals surface area (Å²) in [5.41, 5.74) is 0. The van der Waals surface area contributed by atoms with Crippen LogP contribution >= 0.6 is 0 Å². The third kappa shape index (κ3) is 10.6. The van der Waals surface area contributed by atoms with Crippen molar-refractivity contribution in [1.29, 1.82) is 0 Å². The molecule has 0 unspecified atom stereocenters. The Morgan fingerprint density at radius 2 is 1.50 bits per heavy atom. The lowest BCUT2D eigenvalue weighted by molar-refractivity contribution is -0.888. The Morgan fingerprint density at radius 3 is 2.00 bits per heavy atom. The van der Waals surface area contributed by atoms with Crippen molar-refractivity contribution in [2.75, 3.05) is 33.8 Å². The zero-order valence-electron chi connectivity index (χ0n) is 12.3. The molecular formula is C13H32NOSi+. The van der Waals surface area contributed by atoms with E-state index in [0.717, 1.165) is 11.1 Å². The summed E-state index contributed by atoms with van der Waals surface area (Å²) >= 11 is 0. The van der Waals surface area contributed by atoms with Crippen LogP contribution in [0.25, 0.3) is 0 Å². The molecule has 0 saturated heterocycles. The van der Waals surface area contributed by atoms with Crippen LogP contribution in [0.3, 0.4) is 0 Å². The first kappa shape index (κ1) is 16.1. The summed E-state index contributed by atoms with van der Waals surface area (Å²) in [5.74, 6) is 0. The molecule has 0 aromatic heterocycles. The van der Waals surface area contributed by atoms with Crippen molar-refractivity contribution < 1.29 is 8.91 Å². The van der Waals surface area contributed by atoms with Crippen LogP contribution in [-0.4, -0.2) is 46.6 Å². The lowest BCUT2D eigenvalue weighted by Crippen LogP contribution is -2.39. The lowest BCUT2D eigenvalue weighted by Gasteiger charge is -2.28. The Morgan fingerprint density at radius 1 is 0.938 bits per heavy atom. The van der Waals surface area contributed by atoms with Gasteiger partial charge < -0.3 is 8.91 Å². The molecule has 3 heteroatoms. The number of rotatable bonds is 9. The van der Waals surface area contributed by atoms with Crippen molar-refractivity contribution >= 4 is 8.32 Å². The zero-order valence-corrected chi connectivity index (χ0v) is 13.3. The second-order valence-corrected chi connectivity index (χ2v) is 10.9. The second kappa shape index (κ2) is 7.46. The highest BCUT2D eigenvalue weighted by molar-refractivity contribution is 6.69. The van der Waals surface area contributed by atoms with Crippen LogP contribution in [-0.2, 0) is 4.43 Å². The van der Waals surface area contributed by atoms with E-state index < -0.39 is 8.32 Å². The SMILES string of the molecule is CC[N+](C)(C)CCCCCCO[Si](C)(C)C. The van der Waals surface area contributed by atoms with Crippen molar-refractivity contribution in [1.82, 2.24) is 0 Å². The maximum absolute atomic E-state index is 5.83. The highest BCUT2D eigenvalue weighted by Crippen LogP contribution is 2.08. The average molecular weight is 246 g/mol. The first-order valence-corrected chi connectivity index (χ1v) is 10.1. The first-order chi connectivity index (χ1) is 7.27. The molecule has 0 aliphatic rings. The summed E-state index contributed by atoms with van der Waals surface area (Å²) < 4.78 is 6.99. The molecule has 0 fully saturated rings. The molecule has 0 radical (unpaired) electrons. The molecule has 0 bridgehead atoms. The summed E-state index contributed by atoms with van der Waals surface area (Å²) in [4.78, 5) is 0. The van der Waals surface area contributed by atoms with Gasteiger partial charge in [-0.3, -0.25) is 0 Å². The standard InChI is InChI=1S/C13H32NOSi/c1-7-14(2,3)12-10-8-9-11-13-15-16(4,5)6/h7-13H2,1-6H3/q+1. The van der Waals surface area contributed by atoms with Gasteiger partial charge in [0.05, 0.1) is 27.2 Å². The van der Waals surface area contributed by atoms with Gasteiger partial charge in [-0.2, -0.15) is 0 Å². The van der Waals surface area contributed by atoms with Gasteiger partial charge in [0.1, 0.15) is 0 Å². The monoisotopic (exact) mass is 246 g/mol. The minimum absolute atomic E-state index is 0.974. The van der Waals surface area contributed by atoms with E-state index in [1.165, 1.54) is 38.8 Å². The summed E-state index contributed by atoms with van der Waals surface area (Å²) in [6.45, 7) is 12.6.